The van der Waals surface area contributed by atoms with Gasteiger partial charge in [0.15, 0.2) is 0 Å². The lowest BCUT2D eigenvalue weighted by atomic mass is 10.0. The predicted octanol–water partition coefficient (Wildman–Crippen LogP) is 5.71. The molecule has 0 fully saturated rings. The monoisotopic (exact) mass is 409 g/mol. The molecule has 29 heavy (non-hydrogen) atoms. The van der Waals surface area contributed by atoms with Gasteiger partial charge in [0.25, 0.3) is 0 Å². The van der Waals surface area contributed by atoms with Gasteiger partial charge in [0.1, 0.15) is 0 Å². The molecule has 0 aliphatic heterocycles. The number of aliphatic hydroxyl groups excluding tert-OH is 2. The van der Waals surface area contributed by atoms with E-state index in [1.165, 1.54) is 77.0 Å². The average Bonchev–Trinajstić information content (AvgIpc) is 2.70. The van der Waals surface area contributed by atoms with Gasteiger partial charge in [-0.05, 0) is 31.9 Å². The molecule has 0 saturated heterocycles. The zero-order valence-electron chi connectivity index (χ0n) is 18.4. The van der Waals surface area contributed by atoms with Crippen molar-refractivity contribution in [2.75, 3.05) is 18.9 Å². The van der Waals surface area contributed by atoms with Gasteiger partial charge in [-0.25, -0.2) is 4.79 Å². The summed E-state index contributed by atoms with van der Waals surface area (Å²) in [5.74, 6) is -0.980. The van der Waals surface area contributed by atoms with E-state index >= 15 is 0 Å². The number of carboxylic acids is 1. The zero-order chi connectivity index (χ0) is 21.7. The molecule has 0 radical (unpaired) electrons. The molecule has 0 aliphatic carbocycles. The van der Waals surface area contributed by atoms with Crippen molar-refractivity contribution in [1.82, 2.24) is 0 Å². The first kappa shape index (κ1) is 27.4. The van der Waals surface area contributed by atoms with Crippen LogP contribution < -0.4 is 5.73 Å². The molecule has 0 unspecified atom stereocenters. The van der Waals surface area contributed by atoms with Crippen molar-refractivity contribution in [2.24, 2.45) is 0 Å². The van der Waals surface area contributed by atoms with Crippen LogP contribution in [-0.4, -0.2) is 34.5 Å². The average molecular weight is 410 g/mol. The minimum Gasteiger partial charge on any atom is -0.478 e. The Labute approximate surface area is 177 Å². The molecule has 0 atom stereocenters. The minimum atomic E-state index is -0.980. The summed E-state index contributed by atoms with van der Waals surface area (Å²) in [6.07, 6.45) is 18.0. The van der Waals surface area contributed by atoms with Gasteiger partial charge in [-0.3, -0.25) is 0 Å². The number of aliphatic hydroxyl groups is 2. The number of nitrogen functional groups attached to an aromatic ring is 1. The standard InChI is InChI=1S/C16H34O2.C8H9NO2/c17-15-13-11-9-7-5-3-1-2-4-6-8-10-12-14-16-18;1-5-2-3-7(9)6(4-5)8(10)11/h17-18H,1-16H2;2-4H,9H2,1H3,(H,10,11). The molecule has 5 heteroatoms. The van der Waals surface area contributed by atoms with E-state index in [0.29, 0.717) is 18.9 Å². The third-order valence-electron chi connectivity index (χ3n) is 5.01. The quantitative estimate of drug-likeness (QED) is 0.207. The summed E-state index contributed by atoms with van der Waals surface area (Å²) < 4.78 is 0. The Bertz CT molecular complexity index is 504. The first-order valence-electron chi connectivity index (χ1n) is 11.3. The van der Waals surface area contributed by atoms with Crippen LogP contribution in [0.5, 0.6) is 0 Å². The molecule has 5 N–H and O–H groups in total. The molecule has 5 nitrogen and oxygen atoms in total. The topological polar surface area (TPSA) is 104 Å². The second kappa shape index (κ2) is 19.7. The van der Waals surface area contributed by atoms with E-state index in [2.05, 4.69) is 0 Å². The predicted molar refractivity (Wildman–Crippen MR) is 121 cm³/mol. The lowest BCUT2D eigenvalue weighted by molar-refractivity contribution is 0.0698. The first-order chi connectivity index (χ1) is 14.0. The summed E-state index contributed by atoms with van der Waals surface area (Å²) in [6, 6.07) is 4.93. The number of anilines is 1. The van der Waals surface area contributed by atoms with Crippen LogP contribution in [0.25, 0.3) is 0 Å². The maximum Gasteiger partial charge on any atom is 0.337 e. The molecular weight excluding hydrogens is 366 g/mol. The lowest BCUT2D eigenvalue weighted by Crippen LogP contribution is -2.02. The number of hydrogen-bond acceptors (Lipinski definition) is 4. The molecule has 1 aromatic carbocycles. The maximum absolute atomic E-state index is 10.5. The number of aromatic carboxylic acids is 1. The van der Waals surface area contributed by atoms with Crippen LogP contribution >= 0.6 is 0 Å². The van der Waals surface area contributed by atoms with E-state index in [1.807, 2.05) is 6.92 Å². The van der Waals surface area contributed by atoms with Crippen molar-refractivity contribution < 1.29 is 20.1 Å². The molecule has 168 valence electrons. The van der Waals surface area contributed by atoms with Crippen LogP contribution in [0.15, 0.2) is 18.2 Å². The van der Waals surface area contributed by atoms with E-state index < -0.39 is 5.97 Å². The van der Waals surface area contributed by atoms with Crippen LogP contribution in [0.3, 0.4) is 0 Å². The summed E-state index contributed by atoms with van der Waals surface area (Å²) in [5, 5.41) is 25.9. The summed E-state index contributed by atoms with van der Waals surface area (Å²) >= 11 is 0. The number of unbranched alkanes of at least 4 members (excludes halogenated alkanes) is 13. The van der Waals surface area contributed by atoms with E-state index in [9.17, 15) is 4.79 Å². The van der Waals surface area contributed by atoms with Crippen LogP contribution in [0.2, 0.25) is 0 Å². The molecule has 0 saturated carbocycles. The Morgan fingerprint density at radius 3 is 1.34 bits per heavy atom. The van der Waals surface area contributed by atoms with Crippen molar-refractivity contribution in [3.05, 3.63) is 29.3 Å². The molecule has 1 aromatic rings. The summed E-state index contributed by atoms with van der Waals surface area (Å²) in [7, 11) is 0. The first-order valence-corrected chi connectivity index (χ1v) is 11.3. The van der Waals surface area contributed by atoms with Crippen molar-refractivity contribution in [2.45, 2.75) is 96.8 Å². The van der Waals surface area contributed by atoms with Gasteiger partial charge in [0, 0.05) is 18.9 Å². The second-order valence-corrected chi connectivity index (χ2v) is 7.79. The molecule has 0 spiro atoms. The molecule has 1 rings (SSSR count). The highest BCUT2D eigenvalue weighted by molar-refractivity contribution is 5.93. The number of rotatable bonds is 16. The van der Waals surface area contributed by atoms with Gasteiger partial charge < -0.3 is 21.1 Å². The van der Waals surface area contributed by atoms with Crippen molar-refractivity contribution in [3.8, 4) is 0 Å². The van der Waals surface area contributed by atoms with Gasteiger partial charge >= 0.3 is 5.97 Å². The van der Waals surface area contributed by atoms with E-state index in [0.717, 1.165) is 18.4 Å². The van der Waals surface area contributed by atoms with Crippen LogP contribution in [0.1, 0.15) is 106 Å². The van der Waals surface area contributed by atoms with Crippen LogP contribution in [0.4, 0.5) is 5.69 Å². The minimum absolute atomic E-state index is 0.171. The van der Waals surface area contributed by atoms with Gasteiger partial charge in [-0.2, -0.15) is 0 Å². The van der Waals surface area contributed by atoms with E-state index in [1.54, 1.807) is 18.2 Å². The van der Waals surface area contributed by atoms with Crippen molar-refractivity contribution in [3.63, 3.8) is 0 Å². The number of hydrogen-bond donors (Lipinski definition) is 4. The van der Waals surface area contributed by atoms with Gasteiger partial charge in [0.05, 0.1) is 5.56 Å². The number of aryl methyl sites for hydroxylation is 1. The number of nitrogens with two attached hydrogens (primary N) is 1. The Morgan fingerprint density at radius 1 is 0.724 bits per heavy atom. The molecule has 0 bridgehead atoms. The van der Waals surface area contributed by atoms with Gasteiger partial charge in [-0.15, -0.1) is 0 Å². The number of carbonyl (C=O) groups is 1. The number of benzene rings is 1. The highest BCUT2D eigenvalue weighted by atomic mass is 16.4. The lowest BCUT2D eigenvalue weighted by Gasteiger charge is -2.02. The highest BCUT2D eigenvalue weighted by Gasteiger charge is 2.06. The van der Waals surface area contributed by atoms with Crippen LogP contribution in [-0.2, 0) is 0 Å². The second-order valence-electron chi connectivity index (χ2n) is 7.79. The molecule has 0 aliphatic rings. The van der Waals surface area contributed by atoms with E-state index in [4.69, 9.17) is 21.1 Å². The molecule has 0 heterocycles. The Kier molecular flexibility index (Phi) is 18.6. The summed E-state index contributed by atoms with van der Waals surface area (Å²) in [6.45, 7) is 2.54. The smallest absolute Gasteiger partial charge is 0.337 e. The zero-order valence-corrected chi connectivity index (χ0v) is 18.4. The third kappa shape index (κ3) is 17.0. The van der Waals surface area contributed by atoms with E-state index in [-0.39, 0.29) is 5.56 Å². The fraction of sp³-hybridized carbons (Fsp3) is 0.708. The Balaban J connectivity index is 0.000000604. The Hall–Kier alpha value is -1.59. The fourth-order valence-electron chi connectivity index (χ4n) is 3.20. The molecule has 0 aromatic heterocycles. The van der Waals surface area contributed by atoms with Crippen LogP contribution in [0, 0.1) is 6.92 Å². The van der Waals surface area contributed by atoms with Gasteiger partial charge in [-0.1, -0.05) is 88.7 Å². The van der Waals surface area contributed by atoms with Crippen molar-refractivity contribution in [1.29, 1.82) is 0 Å². The maximum atomic E-state index is 10.5. The normalized spacial score (nSPS) is 10.4. The molecular formula is C24H43NO4. The van der Waals surface area contributed by atoms with Gasteiger partial charge in [0.2, 0.25) is 0 Å². The van der Waals surface area contributed by atoms with Crippen molar-refractivity contribution >= 4 is 11.7 Å². The SMILES string of the molecule is Cc1ccc(N)c(C(=O)O)c1.OCCCCCCCCCCCCCCCCO. The highest BCUT2D eigenvalue weighted by Crippen LogP contribution is 2.13. The Morgan fingerprint density at radius 2 is 1.07 bits per heavy atom. The third-order valence-corrected chi connectivity index (χ3v) is 5.01. The molecule has 0 amide bonds. The number of carboxylic acid groups (broad SMARTS) is 1. The fourth-order valence-corrected chi connectivity index (χ4v) is 3.20. The largest absolute Gasteiger partial charge is 0.478 e. The summed E-state index contributed by atoms with van der Waals surface area (Å²) in [5.41, 5.74) is 6.79. The summed E-state index contributed by atoms with van der Waals surface area (Å²) in [4.78, 5) is 10.5.